The summed E-state index contributed by atoms with van der Waals surface area (Å²) in [7, 11) is 0. The summed E-state index contributed by atoms with van der Waals surface area (Å²) in [5.74, 6) is -1.31. The zero-order valence-electron chi connectivity index (χ0n) is 26.4. The molecule has 0 fully saturated rings. The van der Waals surface area contributed by atoms with Crippen molar-refractivity contribution in [1.29, 1.82) is 0 Å². The Morgan fingerprint density at radius 1 is 1.11 bits per heavy atom. The molecule has 3 amide bonds. The van der Waals surface area contributed by atoms with Crippen LogP contribution in [0.2, 0.25) is 0 Å². The second kappa shape index (κ2) is 20.0. The molecule has 44 heavy (non-hydrogen) atoms. The van der Waals surface area contributed by atoms with Crippen molar-refractivity contribution in [2.75, 3.05) is 11.5 Å². The van der Waals surface area contributed by atoms with Gasteiger partial charge < -0.3 is 20.7 Å². The van der Waals surface area contributed by atoms with Crippen molar-refractivity contribution in [1.82, 2.24) is 20.9 Å². The van der Waals surface area contributed by atoms with Gasteiger partial charge in [-0.3, -0.25) is 19.2 Å². The number of nitrogens with one attached hydrogen (secondary N) is 3. The summed E-state index contributed by atoms with van der Waals surface area (Å²) in [4.78, 5) is 69.8. The number of amides is 3. The highest BCUT2D eigenvalue weighted by Gasteiger charge is 2.30. The zero-order valence-corrected chi connectivity index (χ0v) is 28.0. The number of ether oxygens (including phenoxy) is 1. The maximum atomic E-state index is 13.3. The van der Waals surface area contributed by atoms with Crippen LogP contribution in [0, 0.1) is 5.92 Å². The van der Waals surface area contributed by atoms with Crippen LogP contribution in [0.5, 0.6) is 0 Å². The molecular weight excluding hydrogens is 601 g/mol. The molecule has 0 spiro atoms. The lowest BCUT2D eigenvalue weighted by Gasteiger charge is -2.24. The van der Waals surface area contributed by atoms with E-state index >= 15 is 0 Å². The van der Waals surface area contributed by atoms with Crippen LogP contribution in [0.3, 0.4) is 0 Å². The number of carbonyl (C=O) groups excluding carboxylic acids is 5. The molecule has 2 atom stereocenters. The lowest BCUT2D eigenvalue weighted by Crippen LogP contribution is -2.48. The Labute approximate surface area is 269 Å². The molecule has 1 aliphatic rings. The Morgan fingerprint density at radius 2 is 1.89 bits per heavy atom. The van der Waals surface area contributed by atoms with Crippen LogP contribution >= 0.6 is 23.5 Å². The van der Waals surface area contributed by atoms with E-state index in [0.717, 1.165) is 36.3 Å². The van der Waals surface area contributed by atoms with Crippen LogP contribution in [0.25, 0.3) is 0 Å². The predicted octanol–water partition coefficient (Wildman–Crippen LogP) is 5.08. The third-order valence-corrected chi connectivity index (χ3v) is 8.46. The topological polar surface area (TPSA) is 144 Å². The molecule has 0 saturated heterocycles. The van der Waals surface area contributed by atoms with Gasteiger partial charge in [-0.1, -0.05) is 70.9 Å². The number of esters is 1. The SMILES string of the molecule is C/C=C1\NC(=O)c2cc(SCC)cc(n2)CNC(=O)C[C@@H](/C=C/CCSC(=O)CCCCCC)OC(=O)[C@H](C(C)C)NC1=O. The normalized spacial score (nSPS) is 19.5. The number of allylic oxidation sites excluding steroid dienone is 2. The zero-order chi connectivity index (χ0) is 32.5. The molecule has 1 aromatic rings. The van der Waals surface area contributed by atoms with E-state index in [-0.39, 0.29) is 41.3 Å². The van der Waals surface area contributed by atoms with Crippen LogP contribution in [-0.4, -0.2) is 57.4 Å². The molecule has 10 nitrogen and oxygen atoms in total. The lowest BCUT2D eigenvalue weighted by atomic mass is 10.0. The molecule has 0 aliphatic carbocycles. The monoisotopic (exact) mass is 646 g/mol. The largest absolute Gasteiger partial charge is 0.456 e. The molecule has 0 aromatic carbocycles. The second-order valence-electron chi connectivity index (χ2n) is 10.7. The van der Waals surface area contributed by atoms with Crippen molar-refractivity contribution in [2.45, 2.75) is 103 Å². The molecule has 242 valence electrons. The minimum atomic E-state index is -1.03. The Balaban J connectivity index is 2.26. The fraction of sp³-hybridized carbons (Fsp3) is 0.562. The molecule has 2 heterocycles. The first-order valence-electron chi connectivity index (χ1n) is 15.3. The Bertz CT molecular complexity index is 1220. The van der Waals surface area contributed by atoms with E-state index in [9.17, 15) is 24.0 Å². The summed E-state index contributed by atoms with van der Waals surface area (Å²) in [5.41, 5.74) is 0.547. The van der Waals surface area contributed by atoms with Gasteiger partial charge in [-0.25, -0.2) is 9.78 Å². The predicted molar refractivity (Wildman–Crippen MR) is 175 cm³/mol. The molecule has 2 rings (SSSR count). The Hall–Kier alpha value is -3.12. The van der Waals surface area contributed by atoms with Crippen LogP contribution in [0.15, 0.2) is 41.0 Å². The highest BCUT2D eigenvalue weighted by Crippen LogP contribution is 2.20. The quantitative estimate of drug-likeness (QED) is 0.0932. The molecule has 2 bridgehead atoms. The molecule has 0 saturated carbocycles. The molecule has 1 aromatic heterocycles. The fourth-order valence-corrected chi connectivity index (χ4v) is 5.77. The van der Waals surface area contributed by atoms with Gasteiger partial charge in [-0.15, -0.1) is 11.8 Å². The van der Waals surface area contributed by atoms with Gasteiger partial charge in [-0.05, 0) is 49.6 Å². The lowest BCUT2D eigenvalue weighted by molar-refractivity contribution is -0.153. The van der Waals surface area contributed by atoms with E-state index in [2.05, 4.69) is 27.9 Å². The van der Waals surface area contributed by atoms with Crippen molar-refractivity contribution in [2.24, 2.45) is 5.92 Å². The van der Waals surface area contributed by atoms with Crippen LogP contribution in [0.1, 0.15) is 95.7 Å². The van der Waals surface area contributed by atoms with E-state index in [1.54, 1.807) is 45.1 Å². The van der Waals surface area contributed by atoms with Gasteiger partial charge in [0.05, 0.1) is 18.7 Å². The van der Waals surface area contributed by atoms with Crippen LogP contribution < -0.4 is 16.0 Å². The number of fused-ring (bicyclic) bond motifs is 2. The number of rotatable bonds is 12. The number of hydrogen-bond acceptors (Lipinski definition) is 9. The van der Waals surface area contributed by atoms with Crippen molar-refractivity contribution in [3.63, 3.8) is 0 Å². The first kappa shape index (κ1) is 37.1. The average Bonchev–Trinajstić information content (AvgIpc) is 2.98. The van der Waals surface area contributed by atoms with E-state index in [0.29, 0.717) is 24.3 Å². The van der Waals surface area contributed by atoms with Gasteiger partial charge in [0.15, 0.2) is 5.12 Å². The second-order valence-corrected chi connectivity index (χ2v) is 13.2. The number of cyclic esters (lactones) is 1. The van der Waals surface area contributed by atoms with E-state index in [1.165, 1.54) is 29.6 Å². The third kappa shape index (κ3) is 13.3. The first-order chi connectivity index (χ1) is 21.1. The minimum absolute atomic E-state index is 0.0281. The van der Waals surface area contributed by atoms with Crippen LogP contribution in [-0.2, 0) is 30.5 Å². The molecule has 1 aliphatic heterocycles. The summed E-state index contributed by atoms with van der Waals surface area (Å²) in [5, 5.41) is 8.23. The number of unbranched alkanes of at least 4 members (excludes halogenated alkanes) is 3. The molecule has 0 radical (unpaired) electrons. The number of aromatic nitrogens is 1. The Morgan fingerprint density at radius 3 is 2.57 bits per heavy atom. The van der Waals surface area contributed by atoms with Crippen molar-refractivity contribution < 1.29 is 28.7 Å². The fourth-order valence-electron chi connectivity index (χ4n) is 4.25. The standard InChI is InChI=1S/C32H46N4O6S2/c1-6-9-10-11-15-28(38)44-16-13-12-14-23-18-27(37)33-20-22-17-24(43-8-3)19-26(34-22)31(40)35-25(7-2)30(39)36-29(21(4)5)32(41)42-23/h7,12,14,17,19,21,23,29H,6,8-11,13,15-16,18,20H2,1-5H3,(H,33,37)(H,35,40)(H,36,39)/b14-12+,25-7-/t23-,29+/m1/s1. The number of nitrogens with zero attached hydrogens (tertiary/aromatic N) is 1. The smallest absolute Gasteiger partial charge is 0.329 e. The third-order valence-electron chi connectivity index (χ3n) is 6.64. The Kier molecular flexibility index (Phi) is 16.9. The van der Waals surface area contributed by atoms with Gasteiger partial charge in [0.2, 0.25) is 5.91 Å². The van der Waals surface area contributed by atoms with Gasteiger partial charge in [-0.2, -0.15) is 0 Å². The van der Waals surface area contributed by atoms with Gasteiger partial charge >= 0.3 is 5.97 Å². The summed E-state index contributed by atoms with van der Waals surface area (Å²) >= 11 is 2.80. The summed E-state index contributed by atoms with van der Waals surface area (Å²) in [6, 6.07) is 2.40. The maximum absolute atomic E-state index is 13.3. The summed E-state index contributed by atoms with van der Waals surface area (Å²) in [6.45, 7) is 9.30. The molecule has 0 unspecified atom stereocenters. The molecule has 3 N–H and O–H groups in total. The van der Waals surface area contributed by atoms with Crippen molar-refractivity contribution in [3.05, 3.63) is 47.4 Å². The van der Waals surface area contributed by atoms with E-state index < -0.39 is 29.9 Å². The number of pyridine rings is 1. The van der Waals surface area contributed by atoms with E-state index in [1.807, 2.05) is 6.92 Å². The summed E-state index contributed by atoms with van der Waals surface area (Å²) < 4.78 is 5.73. The first-order valence-corrected chi connectivity index (χ1v) is 17.3. The highest BCUT2D eigenvalue weighted by atomic mass is 32.2. The van der Waals surface area contributed by atoms with Crippen molar-refractivity contribution in [3.8, 4) is 0 Å². The van der Waals surface area contributed by atoms with Gasteiger partial charge in [0.1, 0.15) is 23.5 Å². The maximum Gasteiger partial charge on any atom is 0.329 e. The molecule has 12 heteroatoms. The van der Waals surface area contributed by atoms with Crippen LogP contribution in [0.4, 0.5) is 0 Å². The number of carbonyl (C=O) groups is 5. The van der Waals surface area contributed by atoms with Gasteiger partial charge in [0, 0.05) is 17.1 Å². The molecular formula is C32H46N4O6S2. The summed E-state index contributed by atoms with van der Waals surface area (Å²) in [6.07, 6.45) is 9.19. The number of hydrogen-bond donors (Lipinski definition) is 3. The number of thioether (sulfide) groups is 2. The van der Waals surface area contributed by atoms with Gasteiger partial charge in [0.25, 0.3) is 11.8 Å². The average molecular weight is 647 g/mol. The highest BCUT2D eigenvalue weighted by molar-refractivity contribution is 8.13. The van der Waals surface area contributed by atoms with Crippen molar-refractivity contribution >= 4 is 52.3 Å². The minimum Gasteiger partial charge on any atom is -0.456 e. The van der Waals surface area contributed by atoms with E-state index in [4.69, 9.17) is 4.74 Å².